The van der Waals surface area contributed by atoms with E-state index in [4.69, 9.17) is 0 Å². The van der Waals surface area contributed by atoms with Crippen LogP contribution in [-0.2, 0) is 0 Å². The Morgan fingerprint density at radius 3 is 2.09 bits per heavy atom. The first-order chi connectivity index (χ1) is 10.8. The molecule has 1 aromatic rings. The first-order valence-electron chi connectivity index (χ1n) is 7.34. The predicted octanol–water partition coefficient (Wildman–Crippen LogP) is 6.20. The smallest absolute Gasteiger partial charge is 0.430 e. The van der Waals surface area contributed by atoms with E-state index in [9.17, 15) is 22.0 Å². The first kappa shape index (κ1) is 17.5. The molecule has 0 heterocycles. The van der Waals surface area contributed by atoms with Gasteiger partial charge in [0.2, 0.25) is 0 Å². The van der Waals surface area contributed by atoms with Gasteiger partial charge in [0, 0.05) is 0 Å². The molecule has 0 atom stereocenters. The second-order valence-corrected chi connectivity index (χ2v) is 5.60. The van der Waals surface area contributed by atoms with Gasteiger partial charge in [0.1, 0.15) is 5.75 Å². The summed E-state index contributed by atoms with van der Waals surface area (Å²) in [6.45, 7) is 3.79. The highest BCUT2D eigenvalue weighted by Crippen LogP contribution is 2.37. The highest BCUT2D eigenvalue weighted by Gasteiger charge is 2.39. The van der Waals surface area contributed by atoms with Crippen molar-refractivity contribution in [3.8, 4) is 5.75 Å². The van der Waals surface area contributed by atoms with Gasteiger partial charge in [-0.25, -0.2) is 0 Å². The van der Waals surface area contributed by atoms with Crippen molar-refractivity contribution in [2.24, 2.45) is 5.92 Å². The molecule has 1 saturated carbocycles. The number of hydrogen-bond donors (Lipinski definition) is 0. The first-order valence-corrected chi connectivity index (χ1v) is 7.34. The SMILES string of the molecule is C=CC1CCC(c2ccc(OC(F)=C(F)C(F)(F)F)cc2)CC1. The van der Waals surface area contributed by atoms with Crippen molar-refractivity contribution in [1.82, 2.24) is 0 Å². The molecule has 0 bridgehead atoms. The zero-order valence-electron chi connectivity index (χ0n) is 12.4. The Hall–Kier alpha value is -1.85. The normalized spacial score (nSPS) is 23.2. The molecule has 1 aliphatic carbocycles. The molecule has 0 amide bonds. The van der Waals surface area contributed by atoms with Gasteiger partial charge in [0.25, 0.3) is 5.83 Å². The minimum atomic E-state index is -5.40. The van der Waals surface area contributed by atoms with Crippen LogP contribution in [-0.4, -0.2) is 6.18 Å². The third-order valence-electron chi connectivity index (χ3n) is 4.09. The maximum absolute atomic E-state index is 13.1. The predicted molar refractivity (Wildman–Crippen MR) is 77.3 cm³/mol. The average Bonchev–Trinajstić information content (AvgIpc) is 2.54. The van der Waals surface area contributed by atoms with Crippen LogP contribution < -0.4 is 4.74 Å². The molecule has 1 aromatic carbocycles. The standard InChI is InChI=1S/C17H17F5O/c1-2-11-3-5-12(6-4-11)13-7-9-14(10-8-13)23-16(19)15(18)17(20,21)22/h2,7-12H,1,3-6H2. The maximum atomic E-state index is 13.1. The molecule has 0 aliphatic heterocycles. The molecule has 1 fully saturated rings. The maximum Gasteiger partial charge on any atom is 0.449 e. The van der Waals surface area contributed by atoms with E-state index in [1.54, 1.807) is 12.1 Å². The number of hydrogen-bond acceptors (Lipinski definition) is 1. The summed E-state index contributed by atoms with van der Waals surface area (Å²) in [5.41, 5.74) is 1.01. The second-order valence-electron chi connectivity index (χ2n) is 5.60. The molecule has 6 heteroatoms. The molecule has 1 nitrogen and oxygen atoms in total. The minimum Gasteiger partial charge on any atom is -0.430 e. The Morgan fingerprint density at radius 2 is 1.61 bits per heavy atom. The van der Waals surface area contributed by atoms with Crippen LogP contribution in [0, 0.1) is 5.92 Å². The molecule has 0 aromatic heterocycles. The zero-order valence-corrected chi connectivity index (χ0v) is 12.4. The molecule has 1 aliphatic rings. The van der Waals surface area contributed by atoms with Crippen LogP contribution in [0.5, 0.6) is 5.75 Å². The van der Waals surface area contributed by atoms with Crippen LogP contribution in [0.2, 0.25) is 0 Å². The van der Waals surface area contributed by atoms with E-state index in [0.717, 1.165) is 31.2 Å². The van der Waals surface area contributed by atoms with Crippen LogP contribution in [0.1, 0.15) is 37.2 Å². The van der Waals surface area contributed by atoms with Crippen molar-refractivity contribution in [3.05, 3.63) is 54.3 Å². The van der Waals surface area contributed by atoms with Crippen molar-refractivity contribution in [3.63, 3.8) is 0 Å². The van der Waals surface area contributed by atoms with Gasteiger partial charge in [-0.05, 0) is 55.2 Å². The number of alkyl halides is 3. The molecule has 0 saturated heterocycles. The van der Waals surface area contributed by atoms with Gasteiger partial charge in [-0.3, -0.25) is 0 Å². The van der Waals surface area contributed by atoms with Crippen molar-refractivity contribution >= 4 is 0 Å². The largest absolute Gasteiger partial charge is 0.449 e. The summed E-state index contributed by atoms with van der Waals surface area (Å²) in [6, 6.07) is 3.76. The number of ether oxygens (including phenoxy) is 1. The second kappa shape index (κ2) is 7.15. The summed E-state index contributed by atoms with van der Waals surface area (Å²) in [4.78, 5) is 0. The summed E-state index contributed by atoms with van der Waals surface area (Å²) in [5, 5.41) is 0. The molecular weight excluding hydrogens is 315 g/mol. The molecule has 126 valence electrons. The third kappa shape index (κ3) is 4.56. The van der Waals surface area contributed by atoms with Gasteiger partial charge in [-0.2, -0.15) is 22.0 Å². The van der Waals surface area contributed by atoms with Gasteiger partial charge in [-0.1, -0.05) is 18.2 Å². The van der Waals surface area contributed by atoms with Gasteiger partial charge >= 0.3 is 12.2 Å². The topological polar surface area (TPSA) is 9.23 Å². The van der Waals surface area contributed by atoms with Gasteiger partial charge in [-0.15, -0.1) is 6.58 Å². The lowest BCUT2D eigenvalue weighted by atomic mass is 9.79. The van der Waals surface area contributed by atoms with E-state index in [1.165, 1.54) is 12.1 Å². The molecule has 0 unspecified atom stereocenters. The Morgan fingerprint density at radius 1 is 1.04 bits per heavy atom. The summed E-state index contributed by atoms with van der Waals surface area (Å²) in [6.07, 6.45) is 0.633. The highest BCUT2D eigenvalue weighted by atomic mass is 19.4. The fraction of sp³-hybridized carbons (Fsp3) is 0.412. The van der Waals surface area contributed by atoms with E-state index in [-0.39, 0.29) is 5.75 Å². The average molecular weight is 332 g/mol. The van der Waals surface area contributed by atoms with Crippen molar-refractivity contribution in [2.45, 2.75) is 37.8 Å². The lowest BCUT2D eigenvalue weighted by Gasteiger charge is -2.26. The molecule has 0 N–H and O–H groups in total. The number of allylic oxidation sites excluding steroid dienone is 2. The van der Waals surface area contributed by atoms with Crippen LogP contribution in [0.15, 0.2) is 48.8 Å². The van der Waals surface area contributed by atoms with E-state index in [0.29, 0.717) is 11.8 Å². The summed E-state index contributed by atoms with van der Waals surface area (Å²) in [7, 11) is 0. The van der Waals surface area contributed by atoms with Gasteiger partial charge < -0.3 is 4.74 Å². The summed E-state index contributed by atoms with van der Waals surface area (Å²) in [5.74, 6) is -2.17. The monoisotopic (exact) mass is 332 g/mol. The van der Waals surface area contributed by atoms with Crippen LogP contribution in [0.4, 0.5) is 22.0 Å². The van der Waals surface area contributed by atoms with Crippen molar-refractivity contribution in [2.75, 3.05) is 0 Å². The quantitative estimate of drug-likeness (QED) is 0.362. The number of benzene rings is 1. The van der Waals surface area contributed by atoms with Crippen molar-refractivity contribution in [1.29, 1.82) is 0 Å². The van der Waals surface area contributed by atoms with E-state index >= 15 is 0 Å². The molecule has 0 radical (unpaired) electrons. The molecule has 23 heavy (non-hydrogen) atoms. The van der Waals surface area contributed by atoms with Crippen LogP contribution in [0.3, 0.4) is 0 Å². The number of halogens is 5. The lowest BCUT2D eigenvalue weighted by molar-refractivity contribution is -0.114. The molecular formula is C17H17F5O. The Labute approximate surface area is 131 Å². The molecule has 2 rings (SSSR count). The highest BCUT2D eigenvalue weighted by molar-refractivity contribution is 5.31. The van der Waals surface area contributed by atoms with E-state index < -0.39 is 18.0 Å². The van der Waals surface area contributed by atoms with Gasteiger partial charge in [0.15, 0.2) is 0 Å². The van der Waals surface area contributed by atoms with E-state index in [1.807, 2.05) is 6.08 Å². The molecule has 0 spiro atoms. The Bertz CT molecular complexity index is 566. The Balaban J connectivity index is 2.02. The van der Waals surface area contributed by atoms with Crippen LogP contribution in [0.25, 0.3) is 0 Å². The fourth-order valence-electron chi connectivity index (χ4n) is 2.76. The van der Waals surface area contributed by atoms with Gasteiger partial charge in [0.05, 0.1) is 0 Å². The van der Waals surface area contributed by atoms with Crippen LogP contribution >= 0.6 is 0 Å². The summed E-state index contributed by atoms with van der Waals surface area (Å²) < 4.78 is 66.1. The lowest BCUT2D eigenvalue weighted by Crippen LogP contribution is -2.12. The van der Waals surface area contributed by atoms with E-state index in [2.05, 4.69) is 11.3 Å². The zero-order chi connectivity index (χ0) is 17.0. The minimum absolute atomic E-state index is 0.176. The Kier molecular flexibility index (Phi) is 5.44. The summed E-state index contributed by atoms with van der Waals surface area (Å²) >= 11 is 0. The van der Waals surface area contributed by atoms with Crippen molar-refractivity contribution < 1.29 is 26.7 Å². The number of rotatable bonds is 4. The fourth-order valence-corrected chi connectivity index (χ4v) is 2.76. The third-order valence-corrected chi connectivity index (χ3v) is 4.09.